The number of carboxylic acids is 1. The van der Waals surface area contributed by atoms with Crippen LogP contribution in [0, 0.1) is 5.82 Å². The minimum atomic E-state index is -1.32. The molecule has 2 aromatic heterocycles. The highest BCUT2D eigenvalue weighted by Gasteiger charge is 2.29. The molecule has 38 heavy (non-hydrogen) atoms. The number of anilines is 1. The van der Waals surface area contributed by atoms with Gasteiger partial charge in [-0.1, -0.05) is 5.16 Å². The second-order valence-corrected chi connectivity index (χ2v) is 10.0. The number of carboxylic acid groups (broad SMARTS) is 1. The van der Waals surface area contributed by atoms with Gasteiger partial charge in [-0.3, -0.25) is 9.69 Å². The normalized spacial score (nSPS) is 16.6. The van der Waals surface area contributed by atoms with Crippen molar-refractivity contribution < 1.29 is 28.7 Å². The first-order valence-electron chi connectivity index (χ1n) is 12.1. The fraction of sp³-hybridized carbons (Fsp3) is 0.400. The van der Waals surface area contributed by atoms with Crippen molar-refractivity contribution in [2.75, 3.05) is 51.3 Å². The Labute approximate surface area is 220 Å². The van der Waals surface area contributed by atoms with Gasteiger partial charge in [-0.2, -0.15) is 0 Å². The first kappa shape index (κ1) is 25.8. The summed E-state index contributed by atoms with van der Waals surface area (Å²) < 4.78 is 21.6. The maximum Gasteiger partial charge on any atom is 0.346 e. The number of rotatable bonds is 9. The van der Waals surface area contributed by atoms with Crippen LogP contribution in [0.4, 0.5) is 10.1 Å². The Morgan fingerprint density at radius 1 is 1.24 bits per heavy atom. The molecule has 1 aliphatic carbocycles. The van der Waals surface area contributed by atoms with Crippen LogP contribution in [0.15, 0.2) is 39.9 Å². The van der Waals surface area contributed by atoms with Crippen molar-refractivity contribution in [1.29, 1.82) is 0 Å². The predicted octanol–water partition coefficient (Wildman–Crippen LogP) is 2.35. The number of aromatic carboxylic acids is 1. The molecule has 1 aliphatic heterocycles. The van der Waals surface area contributed by atoms with Crippen LogP contribution in [0.5, 0.6) is 0 Å². The molecule has 0 amide bonds. The first-order valence-corrected chi connectivity index (χ1v) is 13.0. The van der Waals surface area contributed by atoms with Gasteiger partial charge >= 0.3 is 11.9 Å². The van der Waals surface area contributed by atoms with Gasteiger partial charge in [-0.25, -0.2) is 19.0 Å². The molecule has 1 aromatic carbocycles. The number of halogens is 1. The highest BCUT2D eigenvalue weighted by atomic mass is 32.1. The van der Waals surface area contributed by atoms with Crippen LogP contribution in [0.2, 0.25) is 0 Å². The molecule has 3 aromatic rings. The van der Waals surface area contributed by atoms with Crippen LogP contribution < -0.4 is 10.3 Å². The summed E-state index contributed by atoms with van der Waals surface area (Å²) in [6, 6.07) is 2.93. The second kappa shape index (κ2) is 10.9. The van der Waals surface area contributed by atoms with Crippen LogP contribution in [0.25, 0.3) is 10.9 Å². The van der Waals surface area contributed by atoms with Crippen molar-refractivity contribution >= 4 is 45.6 Å². The van der Waals surface area contributed by atoms with Crippen LogP contribution in [0.1, 0.15) is 34.2 Å². The number of hydrogen-bond donors (Lipinski definition) is 1. The zero-order valence-corrected chi connectivity index (χ0v) is 21.4. The number of ether oxygens (including phenoxy) is 1. The number of hydrogen-bond acceptors (Lipinski definition) is 10. The largest absolute Gasteiger partial charge is 0.477 e. The van der Waals surface area contributed by atoms with E-state index in [9.17, 15) is 19.5 Å². The Hall–Kier alpha value is -3.84. The monoisotopic (exact) mass is 543 g/mol. The molecule has 11 nitrogen and oxygen atoms in total. The van der Waals surface area contributed by atoms with E-state index >= 15 is 4.39 Å². The van der Waals surface area contributed by atoms with Crippen molar-refractivity contribution in [3.63, 3.8) is 0 Å². The summed E-state index contributed by atoms with van der Waals surface area (Å²) in [7, 11) is 1.27. The van der Waals surface area contributed by atoms with Crippen LogP contribution in [-0.2, 0) is 14.4 Å². The number of aromatic nitrogens is 2. The minimum Gasteiger partial charge on any atom is -0.477 e. The van der Waals surface area contributed by atoms with E-state index in [4.69, 9.17) is 4.84 Å². The third kappa shape index (κ3) is 5.38. The first-order chi connectivity index (χ1) is 18.4. The highest BCUT2D eigenvalue weighted by Crippen LogP contribution is 2.38. The summed E-state index contributed by atoms with van der Waals surface area (Å²) in [5, 5.41) is 16.1. The van der Waals surface area contributed by atoms with E-state index < -0.39 is 23.2 Å². The Morgan fingerprint density at radius 3 is 2.63 bits per heavy atom. The van der Waals surface area contributed by atoms with Crippen molar-refractivity contribution in [2.45, 2.75) is 18.9 Å². The molecule has 1 N–H and O–H groups in total. The molecule has 0 spiro atoms. The second-order valence-electron chi connectivity index (χ2n) is 9.12. The van der Waals surface area contributed by atoms with Gasteiger partial charge < -0.3 is 24.1 Å². The Morgan fingerprint density at radius 2 is 2.00 bits per heavy atom. The number of thiazole rings is 1. The lowest BCUT2D eigenvalue weighted by Crippen LogP contribution is -2.48. The molecule has 5 rings (SSSR count). The van der Waals surface area contributed by atoms with E-state index in [-0.39, 0.29) is 23.6 Å². The lowest BCUT2D eigenvalue weighted by molar-refractivity contribution is -0.145. The number of nitrogens with zero attached hydrogens (tertiary/aromatic N) is 5. The van der Waals surface area contributed by atoms with Gasteiger partial charge in [0.2, 0.25) is 12.0 Å². The summed E-state index contributed by atoms with van der Waals surface area (Å²) in [5.74, 6) is -2.41. The molecule has 2 aliphatic rings. The Balaban J connectivity index is 1.33. The van der Waals surface area contributed by atoms with Gasteiger partial charge in [0, 0.05) is 61.9 Å². The van der Waals surface area contributed by atoms with E-state index in [0.29, 0.717) is 54.6 Å². The van der Waals surface area contributed by atoms with Gasteiger partial charge in [-0.05, 0) is 25.0 Å². The number of piperazine rings is 1. The molecule has 1 saturated carbocycles. The van der Waals surface area contributed by atoms with E-state index in [2.05, 4.69) is 19.8 Å². The van der Waals surface area contributed by atoms with Crippen LogP contribution in [-0.4, -0.2) is 83.6 Å². The van der Waals surface area contributed by atoms with Crippen LogP contribution in [0.3, 0.4) is 0 Å². The predicted molar refractivity (Wildman–Crippen MR) is 139 cm³/mol. The average Bonchev–Trinajstić information content (AvgIpc) is 3.61. The number of fused-ring (bicyclic) bond motifs is 1. The summed E-state index contributed by atoms with van der Waals surface area (Å²) in [4.78, 5) is 49.2. The number of carbonyl (C=O) groups is 2. The number of carbonyl (C=O) groups excluding carboxylic acids is 1. The number of esters is 1. The van der Waals surface area contributed by atoms with Crippen LogP contribution >= 0.6 is 11.3 Å². The molecule has 0 bridgehead atoms. The molecule has 0 atom stereocenters. The van der Waals surface area contributed by atoms with Gasteiger partial charge in [-0.15, -0.1) is 11.3 Å². The number of benzene rings is 1. The molecular formula is C25H26FN5O6S. The maximum absolute atomic E-state index is 15.3. The third-order valence-corrected chi connectivity index (χ3v) is 7.44. The van der Waals surface area contributed by atoms with Crippen molar-refractivity contribution in [1.82, 2.24) is 14.5 Å². The summed E-state index contributed by atoms with van der Waals surface area (Å²) in [6.45, 7) is 2.38. The molecule has 3 heterocycles. The third-order valence-electron chi connectivity index (χ3n) is 6.62. The van der Waals surface area contributed by atoms with Gasteiger partial charge in [0.15, 0.2) is 0 Å². The molecule has 0 unspecified atom stereocenters. The summed E-state index contributed by atoms with van der Waals surface area (Å²) >= 11 is 1.41. The van der Waals surface area contributed by atoms with Gasteiger partial charge in [0.25, 0.3) is 0 Å². The Kier molecular flexibility index (Phi) is 7.38. The van der Waals surface area contributed by atoms with Crippen molar-refractivity contribution in [2.24, 2.45) is 5.16 Å². The number of oxime groups is 1. The van der Waals surface area contributed by atoms with Crippen molar-refractivity contribution in [3.05, 3.63) is 56.5 Å². The van der Waals surface area contributed by atoms with Crippen molar-refractivity contribution in [3.8, 4) is 0 Å². The minimum absolute atomic E-state index is 0.0768. The molecule has 200 valence electrons. The lowest BCUT2D eigenvalue weighted by atomic mass is 10.1. The SMILES string of the molecule is COC(=O)CO/N=C(\CN1CCN(c2cc3c(cc2F)c(=O)c(C(=O)O)cn3C2CC2)CC1)c1nccs1. The zero-order chi connectivity index (χ0) is 26.8. The highest BCUT2D eigenvalue weighted by molar-refractivity contribution is 7.11. The fourth-order valence-electron chi connectivity index (χ4n) is 4.49. The summed E-state index contributed by atoms with van der Waals surface area (Å²) in [5.41, 5.74) is 0.477. The van der Waals surface area contributed by atoms with E-state index in [1.807, 2.05) is 10.3 Å². The average molecular weight is 544 g/mol. The molecule has 2 fully saturated rings. The van der Waals surface area contributed by atoms with Gasteiger partial charge in [0.1, 0.15) is 22.1 Å². The number of pyridine rings is 1. The van der Waals surface area contributed by atoms with E-state index in [1.54, 1.807) is 16.8 Å². The van der Waals surface area contributed by atoms with E-state index in [1.165, 1.54) is 24.6 Å². The fourth-order valence-corrected chi connectivity index (χ4v) is 5.10. The summed E-state index contributed by atoms with van der Waals surface area (Å²) in [6.07, 6.45) is 4.81. The Bertz CT molecular complexity index is 1440. The molecule has 0 radical (unpaired) electrons. The topological polar surface area (TPSA) is 127 Å². The maximum atomic E-state index is 15.3. The molecule has 1 saturated heterocycles. The van der Waals surface area contributed by atoms with Gasteiger partial charge in [0.05, 0.1) is 18.3 Å². The smallest absolute Gasteiger partial charge is 0.346 e. The quantitative estimate of drug-likeness (QED) is 0.246. The zero-order valence-electron chi connectivity index (χ0n) is 20.6. The molecular weight excluding hydrogens is 517 g/mol. The molecule has 13 heteroatoms. The van der Waals surface area contributed by atoms with E-state index in [0.717, 1.165) is 18.9 Å². The lowest BCUT2D eigenvalue weighted by Gasteiger charge is -2.36. The number of methoxy groups -OCH3 is 1. The standard InChI is InChI=1S/C25H26FN5O6S/c1-36-22(32)14-37-28-19(24-27-4-9-38-24)13-29-5-7-30(8-6-29)21-11-20-16(10-18(21)26)23(33)17(25(34)35)12-31(20)15-2-3-15/h4,9-12,15H,2-3,5-8,13-14H2,1H3,(H,34,35)/b28-19+.